The van der Waals surface area contributed by atoms with Crippen molar-refractivity contribution in [2.45, 2.75) is 44.1 Å². The summed E-state index contributed by atoms with van der Waals surface area (Å²) in [4.78, 5) is 88.5. The number of aromatic amines is 1. The number of carbonyl (C=O) groups excluding carboxylic acids is 5. The zero-order chi connectivity index (χ0) is 33.1. The maximum absolute atomic E-state index is 13.7. The van der Waals surface area contributed by atoms with Gasteiger partial charge in [0, 0.05) is 11.1 Å². The van der Waals surface area contributed by atoms with Crippen molar-refractivity contribution in [3.05, 3.63) is 140 Å². The van der Waals surface area contributed by atoms with Gasteiger partial charge in [-0.25, -0.2) is 14.7 Å². The lowest BCUT2D eigenvalue weighted by atomic mass is 9.97. The highest BCUT2D eigenvalue weighted by atomic mass is 16.5. The summed E-state index contributed by atoms with van der Waals surface area (Å²) in [6.45, 7) is 0.0503. The van der Waals surface area contributed by atoms with Crippen LogP contribution in [0.3, 0.4) is 0 Å². The maximum atomic E-state index is 13.7. The lowest BCUT2D eigenvalue weighted by molar-refractivity contribution is 0.0472. The molecule has 1 fully saturated rings. The molecule has 0 unspecified atom stereocenters. The van der Waals surface area contributed by atoms with Crippen LogP contribution >= 0.6 is 0 Å². The summed E-state index contributed by atoms with van der Waals surface area (Å²) in [7, 11) is 0. The lowest BCUT2D eigenvalue weighted by Gasteiger charge is -2.17. The minimum absolute atomic E-state index is 0.0209. The highest BCUT2D eigenvalue weighted by Gasteiger charge is 2.46. The van der Waals surface area contributed by atoms with Crippen molar-refractivity contribution in [2.24, 2.45) is 0 Å². The number of nitrogens with one attached hydrogen (secondary N) is 1. The van der Waals surface area contributed by atoms with Crippen LogP contribution in [-0.2, 0) is 11.3 Å². The first kappa shape index (κ1) is 29.4. The molecule has 1 saturated carbocycles. The van der Waals surface area contributed by atoms with E-state index in [0.29, 0.717) is 11.6 Å². The number of Topliss-reactive ketones (excluding diaryl/α,β-unsaturated/α-hetero) is 2. The second kappa shape index (κ2) is 11.3. The van der Waals surface area contributed by atoms with Crippen molar-refractivity contribution in [3.63, 3.8) is 0 Å². The van der Waals surface area contributed by atoms with E-state index in [4.69, 9.17) is 4.74 Å². The van der Waals surface area contributed by atoms with Crippen molar-refractivity contribution >= 4 is 45.9 Å². The normalized spacial score (nSPS) is 16.2. The number of ketones is 2. The standard InChI is InChI=1S/C38H27N3O7/c42-32-26-17-28-29(37(46)41(36(28)45)24-12-6-11-22(15-24)21-9-4-5-10-21)18-27(26)33(43)31(32)34-39-30-16-23(13-14-25(30)35(44)40-34)38(47)48-19-20-7-2-1-3-8-20/h1-3,6-8,11-18,21,31H,4-5,9-10,19H2,(H,39,40,44). The largest absolute Gasteiger partial charge is 0.457 e. The van der Waals surface area contributed by atoms with Gasteiger partial charge < -0.3 is 9.72 Å². The fourth-order valence-corrected chi connectivity index (χ4v) is 7.01. The van der Waals surface area contributed by atoms with Gasteiger partial charge in [0.25, 0.3) is 17.4 Å². The molecule has 1 aliphatic heterocycles. The number of hydrogen-bond acceptors (Lipinski definition) is 8. The predicted molar refractivity (Wildman–Crippen MR) is 175 cm³/mol. The molecule has 5 aromatic rings. The van der Waals surface area contributed by atoms with E-state index in [1.165, 1.54) is 30.3 Å². The second-order valence-electron chi connectivity index (χ2n) is 12.4. The number of rotatable bonds is 6. The molecule has 0 spiro atoms. The Morgan fingerprint density at radius 3 is 2.15 bits per heavy atom. The lowest BCUT2D eigenvalue weighted by Crippen LogP contribution is -2.29. The number of anilines is 1. The number of amides is 2. The van der Waals surface area contributed by atoms with E-state index >= 15 is 0 Å². The SMILES string of the molecule is O=C(OCc1ccccc1)c1ccc2c(=O)[nH]c(C3C(=O)c4cc5c(cc4C3=O)C(=O)N(c3cccc(C4CCCC4)c3)C5=O)nc2c1. The molecule has 0 radical (unpaired) electrons. The molecule has 8 rings (SSSR count). The number of H-pyrrole nitrogens is 1. The fourth-order valence-electron chi connectivity index (χ4n) is 7.01. The number of aromatic nitrogens is 2. The van der Waals surface area contributed by atoms with Crippen LogP contribution < -0.4 is 10.5 Å². The Balaban J connectivity index is 1.08. The quantitative estimate of drug-likeness (QED) is 0.138. The molecule has 0 saturated heterocycles. The van der Waals surface area contributed by atoms with Crippen molar-refractivity contribution in [1.82, 2.24) is 9.97 Å². The van der Waals surface area contributed by atoms with Gasteiger partial charge in [0.1, 0.15) is 18.3 Å². The third kappa shape index (κ3) is 4.76. The summed E-state index contributed by atoms with van der Waals surface area (Å²) in [5, 5.41) is 0.154. The summed E-state index contributed by atoms with van der Waals surface area (Å²) in [5.74, 6) is -4.39. The smallest absolute Gasteiger partial charge is 0.338 e. The highest BCUT2D eigenvalue weighted by Crippen LogP contribution is 2.40. The molecule has 2 amide bonds. The Labute approximate surface area is 273 Å². The Morgan fingerprint density at radius 2 is 1.46 bits per heavy atom. The monoisotopic (exact) mass is 637 g/mol. The average Bonchev–Trinajstić information content (AvgIpc) is 3.79. The van der Waals surface area contributed by atoms with Crippen LogP contribution in [0.1, 0.15) is 106 Å². The molecule has 10 heteroatoms. The number of ether oxygens (including phenoxy) is 1. The van der Waals surface area contributed by atoms with Crippen LogP contribution in [0, 0.1) is 0 Å². The van der Waals surface area contributed by atoms with Gasteiger partial charge in [0.05, 0.1) is 33.3 Å². The van der Waals surface area contributed by atoms with Crippen molar-refractivity contribution in [2.75, 3.05) is 4.90 Å². The Hall–Kier alpha value is -6.03. The van der Waals surface area contributed by atoms with Gasteiger partial charge in [0.2, 0.25) is 0 Å². The number of esters is 1. The van der Waals surface area contributed by atoms with E-state index in [1.807, 2.05) is 48.5 Å². The van der Waals surface area contributed by atoms with E-state index in [1.54, 1.807) is 6.07 Å². The third-order valence-electron chi connectivity index (χ3n) is 9.48. The van der Waals surface area contributed by atoms with Crippen LogP contribution in [0.4, 0.5) is 5.69 Å². The summed E-state index contributed by atoms with van der Waals surface area (Å²) in [5.41, 5.74) is 1.99. The molecule has 236 valence electrons. The summed E-state index contributed by atoms with van der Waals surface area (Å²) in [6, 6.07) is 23.4. The van der Waals surface area contributed by atoms with E-state index in [0.717, 1.165) is 41.7 Å². The van der Waals surface area contributed by atoms with Gasteiger partial charge in [0.15, 0.2) is 11.6 Å². The van der Waals surface area contributed by atoms with Crippen LogP contribution in [0.25, 0.3) is 10.9 Å². The number of hydrogen-bond donors (Lipinski definition) is 1. The molecule has 2 aliphatic carbocycles. The average molecular weight is 638 g/mol. The fraction of sp³-hybridized carbons (Fsp3) is 0.184. The molecule has 1 N–H and O–H groups in total. The van der Waals surface area contributed by atoms with Crippen LogP contribution in [-0.4, -0.2) is 39.3 Å². The van der Waals surface area contributed by atoms with Crippen LogP contribution in [0.15, 0.2) is 89.7 Å². The first-order valence-electron chi connectivity index (χ1n) is 15.8. The van der Waals surface area contributed by atoms with Gasteiger partial charge in [-0.1, -0.05) is 55.3 Å². The second-order valence-corrected chi connectivity index (χ2v) is 12.4. The maximum Gasteiger partial charge on any atom is 0.338 e. The number of nitrogens with zero attached hydrogens (tertiary/aromatic N) is 2. The third-order valence-corrected chi connectivity index (χ3v) is 9.48. The molecule has 0 bridgehead atoms. The summed E-state index contributed by atoms with van der Waals surface area (Å²) in [6.07, 6.45) is 4.40. The molecule has 4 aromatic carbocycles. The summed E-state index contributed by atoms with van der Waals surface area (Å²) < 4.78 is 5.40. The van der Waals surface area contributed by atoms with Crippen molar-refractivity contribution < 1.29 is 28.7 Å². The highest BCUT2D eigenvalue weighted by molar-refractivity contribution is 6.37. The van der Waals surface area contributed by atoms with Gasteiger partial charge in [-0.05, 0) is 72.4 Å². The first-order chi connectivity index (χ1) is 23.3. The van der Waals surface area contributed by atoms with Gasteiger partial charge in [-0.15, -0.1) is 0 Å². The minimum atomic E-state index is -1.49. The molecule has 3 aliphatic rings. The zero-order valence-electron chi connectivity index (χ0n) is 25.5. The number of imide groups is 1. The number of carbonyl (C=O) groups is 5. The molecule has 2 heterocycles. The molecule has 1 aromatic heterocycles. The molecule has 0 atom stereocenters. The van der Waals surface area contributed by atoms with Gasteiger partial charge in [-0.3, -0.25) is 24.0 Å². The van der Waals surface area contributed by atoms with Crippen molar-refractivity contribution in [3.8, 4) is 0 Å². The Bertz CT molecular complexity index is 2230. The predicted octanol–water partition coefficient (Wildman–Crippen LogP) is 5.90. The zero-order valence-corrected chi connectivity index (χ0v) is 25.5. The van der Waals surface area contributed by atoms with Gasteiger partial charge >= 0.3 is 5.97 Å². The topological polar surface area (TPSA) is 144 Å². The summed E-state index contributed by atoms with van der Waals surface area (Å²) >= 11 is 0. The Kier molecular flexibility index (Phi) is 6.94. The van der Waals surface area contributed by atoms with Crippen molar-refractivity contribution in [1.29, 1.82) is 0 Å². The Morgan fingerprint density at radius 1 is 0.771 bits per heavy atom. The number of fused-ring (bicyclic) bond motifs is 3. The van der Waals surface area contributed by atoms with Crippen LogP contribution in [0.2, 0.25) is 0 Å². The van der Waals surface area contributed by atoms with E-state index in [2.05, 4.69) is 9.97 Å². The molecular weight excluding hydrogens is 610 g/mol. The van der Waals surface area contributed by atoms with E-state index < -0.39 is 40.8 Å². The number of benzene rings is 4. The van der Waals surface area contributed by atoms with Gasteiger partial charge in [-0.2, -0.15) is 0 Å². The first-order valence-corrected chi connectivity index (χ1v) is 15.8. The molecule has 48 heavy (non-hydrogen) atoms. The molecular formula is C38H27N3O7. The van der Waals surface area contributed by atoms with E-state index in [-0.39, 0.29) is 51.2 Å². The molecule has 10 nitrogen and oxygen atoms in total. The van der Waals surface area contributed by atoms with Crippen LogP contribution in [0.5, 0.6) is 0 Å². The van der Waals surface area contributed by atoms with E-state index in [9.17, 15) is 28.8 Å². The minimum Gasteiger partial charge on any atom is -0.457 e.